The Morgan fingerprint density at radius 2 is 2.31 bits per heavy atom. The molecular formula is C12H22N4. The van der Waals surface area contributed by atoms with E-state index in [0.29, 0.717) is 12.1 Å². The Morgan fingerprint density at radius 1 is 1.44 bits per heavy atom. The Labute approximate surface area is 97.6 Å². The molecular weight excluding hydrogens is 200 g/mol. The molecule has 1 aromatic heterocycles. The van der Waals surface area contributed by atoms with E-state index in [4.69, 9.17) is 0 Å². The first-order valence-corrected chi connectivity index (χ1v) is 6.20. The number of hydrogen-bond acceptors (Lipinski definition) is 3. The largest absolute Gasteiger partial charge is 0.310 e. The topological polar surface area (TPSA) is 33.1 Å². The minimum absolute atomic E-state index is 0.594. The molecule has 4 heteroatoms. The van der Waals surface area contributed by atoms with Gasteiger partial charge in [-0.1, -0.05) is 13.8 Å². The highest BCUT2D eigenvalue weighted by atomic mass is 15.3. The van der Waals surface area contributed by atoms with Crippen LogP contribution in [-0.4, -0.2) is 46.4 Å². The Hall–Kier alpha value is -0.870. The van der Waals surface area contributed by atoms with Gasteiger partial charge in [0.1, 0.15) is 0 Å². The zero-order chi connectivity index (χ0) is 11.4. The first-order valence-electron chi connectivity index (χ1n) is 6.20. The molecule has 0 spiro atoms. The summed E-state index contributed by atoms with van der Waals surface area (Å²) in [6, 6.07) is 3.25. The Morgan fingerprint density at radius 3 is 3.00 bits per heavy atom. The lowest BCUT2D eigenvalue weighted by molar-refractivity contribution is 0.304. The maximum absolute atomic E-state index is 4.22. The van der Waals surface area contributed by atoms with Gasteiger partial charge in [0.05, 0.1) is 6.54 Å². The van der Waals surface area contributed by atoms with Gasteiger partial charge in [0, 0.05) is 37.6 Å². The second kappa shape index (κ2) is 5.46. The lowest BCUT2D eigenvalue weighted by Gasteiger charge is -2.18. The molecule has 1 saturated heterocycles. The van der Waals surface area contributed by atoms with Gasteiger partial charge in [0.2, 0.25) is 0 Å². The molecule has 0 aliphatic carbocycles. The second-order valence-electron chi connectivity index (χ2n) is 4.88. The fourth-order valence-electron chi connectivity index (χ4n) is 2.32. The van der Waals surface area contributed by atoms with Gasteiger partial charge in [-0.15, -0.1) is 0 Å². The molecule has 0 bridgehead atoms. The molecule has 1 N–H and O–H groups in total. The number of rotatable bonds is 5. The molecule has 2 rings (SSSR count). The fraction of sp³-hybridized carbons (Fsp3) is 0.750. The van der Waals surface area contributed by atoms with Crippen molar-refractivity contribution in [2.45, 2.75) is 38.9 Å². The molecule has 1 fully saturated rings. The summed E-state index contributed by atoms with van der Waals surface area (Å²) in [6.07, 6.45) is 5.14. The van der Waals surface area contributed by atoms with Crippen LogP contribution >= 0.6 is 0 Å². The van der Waals surface area contributed by atoms with Crippen LogP contribution in [0.15, 0.2) is 18.5 Å². The third kappa shape index (κ3) is 3.32. The van der Waals surface area contributed by atoms with E-state index in [1.54, 1.807) is 0 Å². The summed E-state index contributed by atoms with van der Waals surface area (Å²) in [5.41, 5.74) is 0. The van der Waals surface area contributed by atoms with E-state index in [0.717, 1.165) is 13.1 Å². The van der Waals surface area contributed by atoms with E-state index in [9.17, 15) is 0 Å². The normalized spacial score (nSPS) is 22.1. The Kier molecular flexibility index (Phi) is 3.96. The van der Waals surface area contributed by atoms with Crippen molar-refractivity contribution in [1.82, 2.24) is 20.0 Å². The van der Waals surface area contributed by atoms with Crippen LogP contribution < -0.4 is 5.32 Å². The molecule has 0 amide bonds. The molecule has 1 aliphatic rings. The number of hydrogen-bond donors (Lipinski definition) is 1. The summed E-state index contributed by atoms with van der Waals surface area (Å²) in [5.74, 6) is 0. The van der Waals surface area contributed by atoms with E-state index >= 15 is 0 Å². The van der Waals surface area contributed by atoms with E-state index in [2.05, 4.69) is 29.2 Å². The predicted octanol–water partition coefficient (Wildman–Crippen LogP) is 0.955. The average molecular weight is 222 g/mol. The van der Waals surface area contributed by atoms with Crippen molar-refractivity contribution in [2.75, 3.05) is 19.6 Å². The fourth-order valence-corrected chi connectivity index (χ4v) is 2.32. The van der Waals surface area contributed by atoms with Crippen molar-refractivity contribution in [3.63, 3.8) is 0 Å². The highest BCUT2D eigenvalue weighted by Gasteiger charge is 2.21. The van der Waals surface area contributed by atoms with Crippen molar-refractivity contribution in [1.29, 1.82) is 0 Å². The maximum Gasteiger partial charge on any atom is 0.0536 e. The molecule has 1 unspecified atom stereocenters. The van der Waals surface area contributed by atoms with Crippen LogP contribution in [0.4, 0.5) is 0 Å². The maximum atomic E-state index is 4.22. The van der Waals surface area contributed by atoms with Gasteiger partial charge in [0.25, 0.3) is 0 Å². The van der Waals surface area contributed by atoms with Crippen molar-refractivity contribution in [3.05, 3.63) is 18.5 Å². The van der Waals surface area contributed by atoms with Crippen molar-refractivity contribution >= 4 is 0 Å². The van der Waals surface area contributed by atoms with Crippen LogP contribution in [0.5, 0.6) is 0 Å². The molecule has 2 heterocycles. The lowest BCUT2D eigenvalue weighted by Crippen LogP contribution is -2.37. The minimum Gasteiger partial charge on any atom is -0.310 e. The van der Waals surface area contributed by atoms with E-state index in [1.807, 2.05) is 23.1 Å². The number of nitrogens with one attached hydrogen (secondary N) is 1. The van der Waals surface area contributed by atoms with Crippen LogP contribution in [0.25, 0.3) is 0 Å². The van der Waals surface area contributed by atoms with E-state index < -0.39 is 0 Å². The Bertz CT molecular complexity index is 294. The molecule has 16 heavy (non-hydrogen) atoms. The summed E-state index contributed by atoms with van der Waals surface area (Å²) in [7, 11) is 0. The molecule has 90 valence electrons. The van der Waals surface area contributed by atoms with Crippen LogP contribution in [0.1, 0.15) is 20.3 Å². The molecule has 1 aromatic rings. The third-order valence-electron chi connectivity index (χ3n) is 3.05. The second-order valence-corrected chi connectivity index (χ2v) is 4.88. The summed E-state index contributed by atoms with van der Waals surface area (Å²) >= 11 is 0. The highest BCUT2D eigenvalue weighted by molar-refractivity contribution is 4.83. The number of likely N-dealkylation sites (tertiary alicyclic amines) is 1. The third-order valence-corrected chi connectivity index (χ3v) is 3.05. The van der Waals surface area contributed by atoms with Crippen molar-refractivity contribution in [2.24, 2.45) is 0 Å². The molecule has 0 aromatic carbocycles. The standard InChI is InChI=1S/C12H22N4/c1-11(2)14-12-4-7-15(10-12)8-9-16-6-3-5-13-16/h3,5-6,11-12,14H,4,7-10H2,1-2H3. The summed E-state index contributed by atoms with van der Waals surface area (Å²) < 4.78 is 2.00. The summed E-state index contributed by atoms with van der Waals surface area (Å²) in [5, 5.41) is 7.82. The van der Waals surface area contributed by atoms with Crippen LogP contribution in [0.3, 0.4) is 0 Å². The summed E-state index contributed by atoms with van der Waals surface area (Å²) in [6.45, 7) is 8.93. The number of nitrogens with zero attached hydrogens (tertiary/aromatic N) is 3. The van der Waals surface area contributed by atoms with Crippen LogP contribution in [0, 0.1) is 0 Å². The van der Waals surface area contributed by atoms with Gasteiger partial charge in [-0.25, -0.2) is 0 Å². The van der Waals surface area contributed by atoms with Crippen LogP contribution in [0.2, 0.25) is 0 Å². The summed E-state index contributed by atoms with van der Waals surface area (Å²) in [4.78, 5) is 2.52. The van der Waals surface area contributed by atoms with Crippen molar-refractivity contribution < 1.29 is 0 Å². The van der Waals surface area contributed by atoms with E-state index in [1.165, 1.54) is 19.5 Å². The zero-order valence-electron chi connectivity index (χ0n) is 10.3. The monoisotopic (exact) mass is 222 g/mol. The minimum atomic E-state index is 0.594. The zero-order valence-corrected chi connectivity index (χ0v) is 10.3. The van der Waals surface area contributed by atoms with Crippen molar-refractivity contribution in [3.8, 4) is 0 Å². The number of aromatic nitrogens is 2. The smallest absolute Gasteiger partial charge is 0.0536 e. The van der Waals surface area contributed by atoms with Gasteiger partial charge in [-0.2, -0.15) is 5.10 Å². The first kappa shape index (κ1) is 11.6. The van der Waals surface area contributed by atoms with Gasteiger partial charge in [-0.3, -0.25) is 9.58 Å². The first-order chi connectivity index (χ1) is 7.74. The van der Waals surface area contributed by atoms with Gasteiger partial charge < -0.3 is 5.32 Å². The molecule has 1 atom stereocenters. The lowest BCUT2D eigenvalue weighted by atomic mass is 10.2. The highest BCUT2D eigenvalue weighted by Crippen LogP contribution is 2.09. The predicted molar refractivity (Wildman–Crippen MR) is 65.3 cm³/mol. The van der Waals surface area contributed by atoms with Gasteiger partial charge in [-0.05, 0) is 19.0 Å². The van der Waals surface area contributed by atoms with Crippen LogP contribution in [-0.2, 0) is 6.54 Å². The quantitative estimate of drug-likeness (QED) is 0.805. The van der Waals surface area contributed by atoms with E-state index in [-0.39, 0.29) is 0 Å². The van der Waals surface area contributed by atoms with Gasteiger partial charge in [0.15, 0.2) is 0 Å². The molecule has 0 radical (unpaired) electrons. The average Bonchev–Trinajstić information content (AvgIpc) is 2.84. The Balaban J connectivity index is 1.69. The molecule has 0 saturated carbocycles. The molecule has 4 nitrogen and oxygen atoms in total. The van der Waals surface area contributed by atoms with Gasteiger partial charge >= 0.3 is 0 Å². The SMILES string of the molecule is CC(C)NC1CCN(CCn2cccn2)C1. The molecule has 1 aliphatic heterocycles.